The Morgan fingerprint density at radius 2 is 1.90 bits per heavy atom. The SMILES string of the molecule is CCCCC#CC(c1ccc(OC)cc1)c1ccc(C)o1. The van der Waals surface area contributed by atoms with E-state index in [4.69, 9.17) is 9.15 Å². The molecule has 1 heterocycles. The summed E-state index contributed by atoms with van der Waals surface area (Å²) in [7, 11) is 1.67. The summed E-state index contributed by atoms with van der Waals surface area (Å²) in [5.41, 5.74) is 1.13. The average molecular weight is 282 g/mol. The molecule has 0 spiro atoms. The van der Waals surface area contributed by atoms with E-state index in [9.17, 15) is 0 Å². The van der Waals surface area contributed by atoms with Gasteiger partial charge in [-0.05, 0) is 43.2 Å². The van der Waals surface area contributed by atoms with Crippen LogP contribution in [0.15, 0.2) is 40.8 Å². The zero-order chi connectivity index (χ0) is 15.1. The van der Waals surface area contributed by atoms with Crippen molar-refractivity contribution < 1.29 is 9.15 Å². The number of furan rings is 1. The quantitative estimate of drug-likeness (QED) is 0.573. The molecule has 110 valence electrons. The summed E-state index contributed by atoms with van der Waals surface area (Å²) < 4.78 is 11.0. The molecule has 2 nitrogen and oxygen atoms in total. The Labute approximate surface area is 127 Å². The molecule has 0 amide bonds. The molecular formula is C19H22O2. The van der Waals surface area contributed by atoms with E-state index in [1.54, 1.807) is 7.11 Å². The second-order valence-corrected chi connectivity index (χ2v) is 5.08. The van der Waals surface area contributed by atoms with Crippen molar-refractivity contribution in [2.24, 2.45) is 0 Å². The molecule has 0 saturated carbocycles. The molecule has 2 aromatic rings. The molecule has 2 heteroatoms. The van der Waals surface area contributed by atoms with E-state index in [1.165, 1.54) is 6.42 Å². The number of hydrogen-bond donors (Lipinski definition) is 0. The highest BCUT2D eigenvalue weighted by Gasteiger charge is 2.15. The number of unbranched alkanes of at least 4 members (excludes halogenated alkanes) is 2. The predicted octanol–water partition coefficient (Wildman–Crippen LogP) is 4.92. The highest BCUT2D eigenvalue weighted by molar-refractivity contribution is 5.39. The molecule has 0 bridgehead atoms. The van der Waals surface area contributed by atoms with E-state index in [-0.39, 0.29) is 5.92 Å². The van der Waals surface area contributed by atoms with E-state index < -0.39 is 0 Å². The molecule has 0 aliphatic carbocycles. The van der Waals surface area contributed by atoms with Crippen molar-refractivity contribution in [2.75, 3.05) is 7.11 Å². The molecule has 1 aromatic carbocycles. The number of benzene rings is 1. The van der Waals surface area contributed by atoms with E-state index in [0.29, 0.717) is 0 Å². The zero-order valence-electron chi connectivity index (χ0n) is 13.0. The Hall–Kier alpha value is -2.14. The lowest BCUT2D eigenvalue weighted by Gasteiger charge is -2.09. The third-order valence-corrected chi connectivity index (χ3v) is 3.40. The maximum atomic E-state index is 5.78. The largest absolute Gasteiger partial charge is 0.497 e. The second kappa shape index (κ2) is 7.59. The van der Waals surface area contributed by atoms with Gasteiger partial charge >= 0.3 is 0 Å². The third-order valence-electron chi connectivity index (χ3n) is 3.40. The first-order chi connectivity index (χ1) is 10.2. The van der Waals surface area contributed by atoms with Gasteiger partial charge in [0.15, 0.2) is 0 Å². The second-order valence-electron chi connectivity index (χ2n) is 5.08. The van der Waals surface area contributed by atoms with Crippen molar-refractivity contribution in [3.05, 3.63) is 53.5 Å². The molecule has 0 aliphatic heterocycles. The number of methoxy groups -OCH3 is 1. The van der Waals surface area contributed by atoms with Crippen molar-refractivity contribution in [1.82, 2.24) is 0 Å². The highest BCUT2D eigenvalue weighted by Crippen LogP contribution is 2.27. The monoisotopic (exact) mass is 282 g/mol. The van der Waals surface area contributed by atoms with Gasteiger partial charge in [0.1, 0.15) is 23.2 Å². The van der Waals surface area contributed by atoms with Gasteiger partial charge in [-0.2, -0.15) is 0 Å². The fourth-order valence-corrected chi connectivity index (χ4v) is 2.16. The van der Waals surface area contributed by atoms with Crippen LogP contribution >= 0.6 is 0 Å². The van der Waals surface area contributed by atoms with Gasteiger partial charge in [-0.1, -0.05) is 31.4 Å². The van der Waals surface area contributed by atoms with Crippen LogP contribution in [-0.2, 0) is 0 Å². The fraction of sp³-hybridized carbons (Fsp3) is 0.368. The molecule has 0 N–H and O–H groups in total. The van der Waals surface area contributed by atoms with Crippen molar-refractivity contribution in [3.63, 3.8) is 0 Å². The van der Waals surface area contributed by atoms with Crippen LogP contribution in [0.3, 0.4) is 0 Å². The van der Waals surface area contributed by atoms with Crippen LogP contribution in [0.4, 0.5) is 0 Å². The summed E-state index contributed by atoms with van der Waals surface area (Å²) in [6.45, 7) is 4.14. The van der Waals surface area contributed by atoms with Crippen LogP contribution < -0.4 is 4.74 Å². The lowest BCUT2D eigenvalue weighted by molar-refractivity contribution is 0.414. The van der Waals surface area contributed by atoms with Crippen LogP contribution in [0.5, 0.6) is 5.75 Å². The number of hydrogen-bond acceptors (Lipinski definition) is 2. The van der Waals surface area contributed by atoms with Crippen LogP contribution in [0.2, 0.25) is 0 Å². The van der Waals surface area contributed by atoms with E-state index in [0.717, 1.165) is 35.7 Å². The summed E-state index contributed by atoms with van der Waals surface area (Å²) in [5, 5.41) is 0. The minimum absolute atomic E-state index is 0.0125. The molecular weight excluding hydrogens is 260 g/mol. The first-order valence-electron chi connectivity index (χ1n) is 7.43. The van der Waals surface area contributed by atoms with Gasteiger partial charge in [-0.25, -0.2) is 0 Å². The Morgan fingerprint density at radius 3 is 2.48 bits per heavy atom. The summed E-state index contributed by atoms with van der Waals surface area (Å²) in [6, 6.07) is 12.0. The van der Waals surface area contributed by atoms with Crippen molar-refractivity contribution in [1.29, 1.82) is 0 Å². The number of rotatable bonds is 5. The van der Waals surface area contributed by atoms with Crippen molar-refractivity contribution in [2.45, 2.75) is 39.0 Å². The Balaban J connectivity index is 2.27. The fourth-order valence-electron chi connectivity index (χ4n) is 2.16. The molecule has 0 fully saturated rings. The maximum Gasteiger partial charge on any atom is 0.123 e. The van der Waals surface area contributed by atoms with Gasteiger partial charge in [0, 0.05) is 6.42 Å². The van der Waals surface area contributed by atoms with Crippen LogP contribution in [0.1, 0.15) is 49.2 Å². The smallest absolute Gasteiger partial charge is 0.123 e. The van der Waals surface area contributed by atoms with Crippen LogP contribution in [-0.4, -0.2) is 7.11 Å². The maximum absolute atomic E-state index is 5.78. The van der Waals surface area contributed by atoms with Gasteiger partial charge in [0.2, 0.25) is 0 Å². The number of aryl methyl sites for hydroxylation is 1. The Bertz CT molecular complexity index is 611. The van der Waals surface area contributed by atoms with E-state index in [2.05, 4.69) is 30.9 Å². The minimum Gasteiger partial charge on any atom is -0.497 e. The lowest BCUT2D eigenvalue weighted by atomic mass is 9.96. The van der Waals surface area contributed by atoms with E-state index in [1.807, 2.05) is 31.2 Å². The molecule has 1 aromatic heterocycles. The normalized spacial score (nSPS) is 11.6. The predicted molar refractivity (Wildman–Crippen MR) is 85.6 cm³/mol. The molecule has 1 unspecified atom stereocenters. The summed E-state index contributed by atoms with van der Waals surface area (Å²) in [5.74, 6) is 9.29. The first-order valence-corrected chi connectivity index (χ1v) is 7.43. The molecule has 2 rings (SSSR count). The third kappa shape index (κ3) is 4.16. The van der Waals surface area contributed by atoms with Crippen LogP contribution in [0, 0.1) is 18.8 Å². The van der Waals surface area contributed by atoms with E-state index >= 15 is 0 Å². The molecule has 1 atom stereocenters. The standard InChI is InChI=1S/C19H22O2/c1-4-5-6-7-8-18(19-14-9-15(2)21-19)16-10-12-17(20-3)13-11-16/h9-14,18H,4-6H2,1-3H3. The Morgan fingerprint density at radius 1 is 1.14 bits per heavy atom. The average Bonchev–Trinajstić information content (AvgIpc) is 2.94. The van der Waals surface area contributed by atoms with Crippen molar-refractivity contribution >= 4 is 0 Å². The Kier molecular flexibility index (Phi) is 5.51. The lowest BCUT2D eigenvalue weighted by Crippen LogP contribution is -1.97. The summed E-state index contributed by atoms with van der Waals surface area (Å²) in [4.78, 5) is 0. The van der Waals surface area contributed by atoms with Crippen molar-refractivity contribution in [3.8, 4) is 17.6 Å². The molecule has 0 radical (unpaired) electrons. The molecule has 0 saturated heterocycles. The highest BCUT2D eigenvalue weighted by atomic mass is 16.5. The molecule has 0 aliphatic rings. The van der Waals surface area contributed by atoms with Gasteiger partial charge in [-0.15, -0.1) is 5.92 Å². The summed E-state index contributed by atoms with van der Waals surface area (Å²) in [6.07, 6.45) is 3.24. The topological polar surface area (TPSA) is 22.4 Å². The van der Waals surface area contributed by atoms with Gasteiger partial charge in [0.25, 0.3) is 0 Å². The summed E-state index contributed by atoms with van der Waals surface area (Å²) >= 11 is 0. The first kappa shape index (κ1) is 15.3. The number of ether oxygens (including phenoxy) is 1. The van der Waals surface area contributed by atoms with Gasteiger partial charge in [0.05, 0.1) is 7.11 Å². The minimum atomic E-state index is -0.0125. The van der Waals surface area contributed by atoms with Gasteiger partial charge < -0.3 is 9.15 Å². The van der Waals surface area contributed by atoms with Gasteiger partial charge in [-0.3, -0.25) is 0 Å². The zero-order valence-corrected chi connectivity index (χ0v) is 13.0. The van der Waals surface area contributed by atoms with Crippen LogP contribution in [0.25, 0.3) is 0 Å². The molecule has 21 heavy (non-hydrogen) atoms.